The highest BCUT2D eigenvalue weighted by atomic mass is 15.3. The van der Waals surface area contributed by atoms with Gasteiger partial charge in [0.05, 0.1) is 17.6 Å². The van der Waals surface area contributed by atoms with Crippen LogP contribution in [0.5, 0.6) is 0 Å². The minimum Gasteiger partial charge on any atom is -0.310 e. The van der Waals surface area contributed by atoms with Crippen LogP contribution >= 0.6 is 0 Å². The first-order valence-electron chi connectivity index (χ1n) is 7.52. The molecule has 1 aromatic carbocycles. The molecule has 0 amide bonds. The lowest BCUT2D eigenvalue weighted by molar-refractivity contribution is 0.585. The largest absolute Gasteiger partial charge is 0.310 e. The van der Waals surface area contributed by atoms with E-state index in [-0.39, 0.29) is 0 Å². The second-order valence-corrected chi connectivity index (χ2v) is 6.12. The van der Waals surface area contributed by atoms with Crippen LogP contribution in [0.2, 0.25) is 0 Å². The Balaban J connectivity index is 1.95. The summed E-state index contributed by atoms with van der Waals surface area (Å²) in [7, 11) is 0. The standard InChI is InChI=1S/C17H23N3/c1-12(2)18-10-15-11-19-20(17(15)14-7-8-14)16-6-4-5-13(3)9-16/h4-6,9,11-12,14,18H,7-8,10H2,1-3H3. The molecule has 1 aromatic heterocycles. The van der Waals surface area contributed by atoms with Crippen molar-refractivity contribution in [2.45, 2.75) is 52.1 Å². The summed E-state index contributed by atoms with van der Waals surface area (Å²) in [6, 6.07) is 9.09. The van der Waals surface area contributed by atoms with Gasteiger partial charge in [-0.2, -0.15) is 5.10 Å². The molecule has 1 N–H and O–H groups in total. The minimum atomic E-state index is 0.504. The molecule has 3 rings (SSSR count). The molecule has 106 valence electrons. The molecular weight excluding hydrogens is 246 g/mol. The molecule has 0 saturated heterocycles. The summed E-state index contributed by atoms with van der Waals surface area (Å²) in [6.07, 6.45) is 4.63. The van der Waals surface area contributed by atoms with Gasteiger partial charge in [0, 0.05) is 24.1 Å². The predicted molar refractivity (Wildman–Crippen MR) is 82.3 cm³/mol. The van der Waals surface area contributed by atoms with E-state index in [1.807, 2.05) is 6.20 Å². The van der Waals surface area contributed by atoms with Crippen LogP contribution in [0, 0.1) is 6.92 Å². The van der Waals surface area contributed by atoms with E-state index in [2.05, 4.69) is 60.1 Å². The highest BCUT2D eigenvalue weighted by molar-refractivity contribution is 5.40. The van der Waals surface area contributed by atoms with Crippen LogP contribution in [0.3, 0.4) is 0 Å². The molecule has 0 spiro atoms. The molecule has 3 heteroatoms. The predicted octanol–water partition coefficient (Wildman–Crippen LogP) is 3.56. The minimum absolute atomic E-state index is 0.504. The monoisotopic (exact) mass is 269 g/mol. The van der Waals surface area contributed by atoms with E-state index < -0.39 is 0 Å². The Kier molecular flexibility index (Phi) is 3.62. The fourth-order valence-corrected chi connectivity index (χ4v) is 2.60. The zero-order chi connectivity index (χ0) is 14.1. The number of aryl methyl sites for hydroxylation is 1. The lowest BCUT2D eigenvalue weighted by Crippen LogP contribution is -2.22. The SMILES string of the molecule is Cc1cccc(-n2ncc(CNC(C)C)c2C2CC2)c1. The summed E-state index contributed by atoms with van der Waals surface area (Å²) < 4.78 is 2.14. The summed E-state index contributed by atoms with van der Waals surface area (Å²) in [5.74, 6) is 0.696. The van der Waals surface area contributed by atoms with Crippen molar-refractivity contribution in [2.75, 3.05) is 0 Å². The van der Waals surface area contributed by atoms with Crippen LogP contribution in [-0.2, 0) is 6.54 Å². The molecule has 1 aliphatic rings. The smallest absolute Gasteiger partial charge is 0.0651 e. The van der Waals surface area contributed by atoms with E-state index in [1.54, 1.807) is 0 Å². The molecular formula is C17H23N3. The van der Waals surface area contributed by atoms with Crippen molar-refractivity contribution in [3.63, 3.8) is 0 Å². The lowest BCUT2D eigenvalue weighted by Gasteiger charge is -2.11. The summed E-state index contributed by atoms with van der Waals surface area (Å²) in [6.45, 7) is 7.41. The van der Waals surface area contributed by atoms with E-state index in [9.17, 15) is 0 Å². The third kappa shape index (κ3) is 2.78. The van der Waals surface area contributed by atoms with Gasteiger partial charge in [0.15, 0.2) is 0 Å². The van der Waals surface area contributed by atoms with Gasteiger partial charge in [0.2, 0.25) is 0 Å². The zero-order valence-corrected chi connectivity index (χ0v) is 12.6. The molecule has 3 nitrogen and oxygen atoms in total. The van der Waals surface area contributed by atoms with Gasteiger partial charge in [-0.1, -0.05) is 26.0 Å². The van der Waals surface area contributed by atoms with Crippen LogP contribution < -0.4 is 5.32 Å². The van der Waals surface area contributed by atoms with Crippen LogP contribution in [0.25, 0.3) is 5.69 Å². The maximum atomic E-state index is 4.64. The Bertz CT molecular complexity index is 594. The van der Waals surface area contributed by atoms with E-state index in [0.717, 1.165) is 6.54 Å². The van der Waals surface area contributed by atoms with E-state index >= 15 is 0 Å². The third-order valence-electron chi connectivity index (χ3n) is 3.80. The quantitative estimate of drug-likeness (QED) is 0.899. The van der Waals surface area contributed by atoms with Crippen LogP contribution in [-0.4, -0.2) is 15.8 Å². The van der Waals surface area contributed by atoms with Crippen molar-refractivity contribution in [3.05, 3.63) is 47.3 Å². The number of nitrogens with one attached hydrogen (secondary N) is 1. The molecule has 1 heterocycles. The van der Waals surface area contributed by atoms with Gasteiger partial charge in [-0.3, -0.25) is 0 Å². The normalized spacial score (nSPS) is 15.0. The molecule has 0 radical (unpaired) electrons. The molecule has 0 atom stereocenters. The van der Waals surface area contributed by atoms with Crippen molar-refractivity contribution in [3.8, 4) is 5.69 Å². The first-order chi connectivity index (χ1) is 9.65. The number of rotatable bonds is 5. The maximum absolute atomic E-state index is 4.64. The average molecular weight is 269 g/mol. The summed E-state index contributed by atoms with van der Waals surface area (Å²) in [5.41, 5.74) is 5.22. The maximum Gasteiger partial charge on any atom is 0.0651 e. The number of aromatic nitrogens is 2. The number of nitrogens with zero attached hydrogens (tertiary/aromatic N) is 2. The highest BCUT2D eigenvalue weighted by Gasteiger charge is 2.30. The molecule has 1 fully saturated rings. The third-order valence-corrected chi connectivity index (χ3v) is 3.80. The van der Waals surface area contributed by atoms with Gasteiger partial charge < -0.3 is 5.32 Å². The topological polar surface area (TPSA) is 29.9 Å². The van der Waals surface area contributed by atoms with Gasteiger partial charge in [-0.25, -0.2) is 4.68 Å². The van der Waals surface area contributed by atoms with Crippen LogP contribution in [0.15, 0.2) is 30.5 Å². The first-order valence-corrected chi connectivity index (χ1v) is 7.52. The van der Waals surface area contributed by atoms with Crippen molar-refractivity contribution in [1.29, 1.82) is 0 Å². The average Bonchev–Trinajstić information content (AvgIpc) is 3.16. The lowest BCUT2D eigenvalue weighted by atomic mass is 10.1. The summed E-state index contributed by atoms with van der Waals surface area (Å²) in [5, 5.41) is 8.15. The summed E-state index contributed by atoms with van der Waals surface area (Å²) in [4.78, 5) is 0. The van der Waals surface area contributed by atoms with E-state index in [0.29, 0.717) is 12.0 Å². The second kappa shape index (κ2) is 5.41. The van der Waals surface area contributed by atoms with Crippen molar-refractivity contribution in [2.24, 2.45) is 0 Å². The summed E-state index contributed by atoms with van der Waals surface area (Å²) >= 11 is 0. The number of hydrogen-bond donors (Lipinski definition) is 1. The van der Waals surface area contributed by atoms with Crippen molar-refractivity contribution < 1.29 is 0 Å². The Morgan fingerprint density at radius 2 is 2.15 bits per heavy atom. The Morgan fingerprint density at radius 3 is 2.80 bits per heavy atom. The fraction of sp³-hybridized carbons (Fsp3) is 0.471. The fourth-order valence-electron chi connectivity index (χ4n) is 2.60. The Morgan fingerprint density at radius 1 is 1.35 bits per heavy atom. The Labute approximate surface area is 121 Å². The molecule has 2 aromatic rings. The van der Waals surface area contributed by atoms with E-state index in [1.165, 1.54) is 35.3 Å². The molecule has 20 heavy (non-hydrogen) atoms. The first kappa shape index (κ1) is 13.4. The number of hydrogen-bond acceptors (Lipinski definition) is 2. The molecule has 1 saturated carbocycles. The van der Waals surface area contributed by atoms with Gasteiger partial charge in [0.1, 0.15) is 0 Å². The van der Waals surface area contributed by atoms with Crippen LogP contribution in [0.4, 0.5) is 0 Å². The molecule has 1 aliphatic carbocycles. The number of benzene rings is 1. The van der Waals surface area contributed by atoms with Gasteiger partial charge in [-0.15, -0.1) is 0 Å². The zero-order valence-electron chi connectivity index (χ0n) is 12.6. The molecule has 0 aliphatic heterocycles. The molecule has 0 bridgehead atoms. The highest BCUT2D eigenvalue weighted by Crippen LogP contribution is 2.42. The van der Waals surface area contributed by atoms with Gasteiger partial charge in [-0.05, 0) is 37.5 Å². The van der Waals surface area contributed by atoms with Crippen molar-refractivity contribution in [1.82, 2.24) is 15.1 Å². The van der Waals surface area contributed by atoms with Crippen molar-refractivity contribution >= 4 is 0 Å². The van der Waals surface area contributed by atoms with Gasteiger partial charge in [0.25, 0.3) is 0 Å². The van der Waals surface area contributed by atoms with E-state index in [4.69, 9.17) is 0 Å². The van der Waals surface area contributed by atoms with Crippen LogP contribution in [0.1, 0.15) is 49.4 Å². The van der Waals surface area contributed by atoms with Gasteiger partial charge >= 0.3 is 0 Å². The Hall–Kier alpha value is -1.61. The molecule has 0 unspecified atom stereocenters. The second-order valence-electron chi connectivity index (χ2n) is 6.12.